The van der Waals surface area contributed by atoms with Crippen molar-refractivity contribution in [2.24, 2.45) is 5.92 Å². The predicted octanol–water partition coefficient (Wildman–Crippen LogP) is 3.29. The Hall–Kier alpha value is -2.22. The molecule has 0 spiro atoms. The van der Waals surface area contributed by atoms with E-state index in [0.717, 1.165) is 12.2 Å². The average molecular weight is 376 g/mol. The number of rotatable bonds is 8. The molecule has 0 aliphatic heterocycles. The third-order valence-corrected chi connectivity index (χ3v) is 5.31. The van der Waals surface area contributed by atoms with Gasteiger partial charge in [0.05, 0.1) is 20.0 Å². The molecule has 0 radical (unpaired) electrons. The Morgan fingerprint density at radius 2 is 2.04 bits per heavy atom. The number of amides is 1. The van der Waals surface area contributed by atoms with E-state index in [0.29, 0.717) is 28.3 Å². The van der Waals surface area contributed by atoms with Gasteiger partial charge >= 0.3 is 0 Å². The lowest BCUT2D eigenvalue weighted by Gasteiger charge is -2.10. The molecule has 8 heteroatoms. The monoisotopic (exact) mass is 376 g/mol. The Morgan fingerprint density at radius 1 is 1.27 bits per heavy atom. The van der Waals surface area contributed by atoms with Gasteiger partial charge < -0.3 is 14.8 Å². The molecular weight excluding hydrogens is 352 g/mol. The summed E-state index contributed by atoms with van der Waals surface area (Å²) in [6.45, 7) is 0. The molecule has 26 heavy (non-hydrogen) atoms. The predicted molar refractivity (Wildman–Crippen MR) is 101 cm³/mol. The number of anilines is 1. The molecule has 0 bridgehead atoms. The molecule has 2 N–H and O–H groups in total. The molecule has 1 aromatic carbocycles. The normalized spacial score (nSPS) is 14.4. The molecule has 3 rings (SSSR count). The fourth-order valence-electron chi connectivity index (χ4n) is 3.16. The van der Waals surface area contributed by atoms with Crippen LogP contribution >= 0.6 is 11.8 Å². The lowest BCUT2D eigenvalue weighted by molar-refractivity contribution is -0.113. The smallest absolute Gasteiger partial charge is 0.234 e. The van der Waals surface area contributed by atoms with Gasteiger partial charge in [-0.25, -0.2) is 4.98 Å². The largest absolute Gasteiger partial charge is 0.493 e. The maximum absolute atomic E-state index is 12.2. The van der Waals surface area contributed by atoms with Crippen LogP contribution in [0.5, 0.6) is 11.5 Å². The van der Waals surface area contributed by atoms with Gasteiger partial charge in [0.2, 0.25) is 11.1 Å². The minimum Gasteiger partial charge on any atom is -0.493 e. The second-order valence-corrected chi connectivity index (χ2v) is 7.27. The van der Waals surface area contributed by atoms with E-state index in [1.54, 1.807) is 32.4 Å². The number of thioether (sulfide) groups is 1. The van der Waals surface area contributed by atoms with Crippen LogP contribution in [0.2, 0.25) is 0 Å². The number of nitrogens with zero attached hydrogens (tertiary/aromatic N) is 2. The highest BCUT2D eigenvalue weighted by Crippen LogP contribution is 2.30. The highest BCUT2D eigenvalue weighted by atomic mass is 32.2. The minimum absolute atomic E-state index is 0.121. The summed E-state index contributed by atoms with van der Waals surface area (Å²) in [5.74, 6) is 2.95. The molecule has 1 aromatic heterocycles. The van der Waals surface area contributed by atoms with Crippen molar-refractivity contribution in [1.29, 1.82) is 0 Å². The summed E-state index contributed by atoms with van der Waals surface area (Å²) in [7, 11) is 3.14. The van der Waals surface area contributed by atoms with E-state index in [2.05, 4.69) is 20.5 Å². The van der Waals surface area contributed by atoms with Crippen LogP contribution in [0.3, 0.4) is 0 Å². The van der Waals surface area contributed by atoms with Gasteiger partial charge in [0.15, 0.2) is 11.5 Å². The topological polar surface area (TPSA) is 89.1 Å². The van der Waals surface area contributed by atoms with Gasteiger partial charge in [-0.2, -0.15) is 0 Å². The molecule has 0 atom stereocenters. The molecule has 1 aliphatic rings. The fraction of sp³-hybridized carbons (Fsp3) is 0.500. The quantitative estimate of drug-likeness (QED) is 0.687. The standard InChI is InChI=1S/C18H24N4O3S/c1-24-14-8-7-13(10-15(14)25-2)19-17(23)11-26-18-20-16(21-22-18)9-12-5-3-4-6-12/h7-8,10,12H,3-6,9,11H2,1-2H3,(H,19,23)(H,20,21,22). The molecule has 1 fully saturated rings. The summed E-state index contributed by atoms with van der Waals surface area (Å²) >= 11 is 1.32. The van der Waals surface area contributed by atoms with E-state index in [1.807, 2.05) is 0 Å². The molecule has 1 heterocycles. The average Bonchev–Trinajstić information content (AvgIpc) is 3.32. The minimum atomic E-state index is -0.121. The van der Waals surface area contributed by atoms with Crippen LogP contribution in [0.1, 0.15) is 31.5 Å². The van der Waals surface area contributed by atoms with Gasteiger partial charge in [0.1, 0.15) is 5.82 Å². The first-order valence-electron chi connectivity index (χ1n) is 8.74. The second kappa shape index (κ2) is 8.93. The Balaban J connectivity index is 1.49. The summed E-state index contributed by atoms with van der Waals surface area (Å²) in [5.41, 5.74) is 0.658. The summed E-state index contributed by atoms with van der Waals surface area (Å²) in [6.07, 6.45) is 6.13. The third-order valence-electron chi connectivity index (χ3n) is 4.47. The zero-order valence-corrected chi connectivity index (χ0v) is 15.9. The van der Waals surface area contributed by atoms with Gasteiger partial charge in [-0.1, -0.05) is 37.4 Å². The van der Waals surface area contributed by atoms with Crippen molar-refractivity contribution in [2.75, 3.05) is 25.3 Å². The Bertz CT molecular complexity index is 744. The number of carbonyl (C=O) groups is 1. The molecule has 1 saturated carbocycles. The van der Waals surface area contributed by atoms with Gasteiger partial charge in [-0.3, -0.25) is 9.89 Å². The fourth-order valence-corrected chi connectivity index (χ4v) is 3.78. The molecule has 0 unspecified atom stereocenters. The van der Waals surface area contributed by atoms with Gasteiger partial charge in [0.25, 0.3) is 0 Å². The number of aromatic amines is 1. The number of ether oxygens (including phenoxy) is 2. The van der Waals surface area contributed by atoms with Crippen molar-refractivity contribution in [3.8, 4) is 11.5 Å². The lowest BCUT2D eigenvalue weighted by Crippen LogP contribution is -2.14. The van der Waals surface area contributed by atoms with Crippen molar-refractivity contribution in [2.45, 2.75) is 37.3 Å². The summed E-state index contributed by atoms with van der Waals surface area (Å²) in [5, 5.41) is 10.6. The zero-order valence-electron chi connectivity index (χ0n) is 15.1. The first-order chi connectivity index (χ1) is 12.7. The van der Waals surface area contributed by atoms with E-state index in [4.69, 9.17) is 9.47 Å². The van der Waals surface area contributed by atoms with Gasteiger partial charge in [0, 0.05) is 18.2 Å². The van der Waals surface area contributed by atoms with E-state index < -0.39 is 0 Å². The van der Waals surface area contributed by atoms with Crippen molar-refractivity contribution >= 4 is 23.4 Å². The van der Waals surface area contributed by atoms with E-state index in [9.17, 15) is 4.79 Å². The van der Waals surface area contributed by atoms with Gasteiger partial charge in [-0.15, -0.1) is 5.10 Å². The Morgan fingerprint density at radius 3 is 2.77 bits per heavy atom. The van der Waals surface area contributed by atoms with Crippen LogP contribution < -0.4 is 14.8 Å². The van der Waals surface area contributed by atoms with Crippen molar-refractivity contribution in [3.05, 3.63) is 24.0 Å². The van der Waals surface area contributed by atoms with Crippen LogP contribution in [-0.2, 0) is 11.2 Å². The molecule has 1 aliphatic carbocycles. The van der Waals surface area contributed by atoms with Crippen LogP contribution in [0.4, 0.5) is 5.69 Å². The first kappa shape index (κ1) is 18.6. The zero-order chi connectivity index (χ0) is 18.4. The third kappa shape index (κ3) is 4.91. The second-order valence-electron chi connectivity index (χ2n) is 6.33. The van der Waals surface area contributed by atoms with E-state index in [1.165, 1.54) is 37.4 Å². The summed E-state index contributed by atoms with van der Waals surface area (Å²) < 4.78 is 10.4. The number of carbonyl (C=O) groups excluding carboxylic acids is 1. The van der Waals surface area contributed by atoms with E-state index >= 15 is 0 Å². The molecule has 2 aromatic rings. The Labute approximate surface area is 157 Å². The lowest BCUT2D eigenvalue weighted by atomic mass is 10.0. The van der Waals surface area contributed by atoms with E-state index in [-0.39, 0.29) is 11.7 Å². The van der Waals surface area contributed by atoms with Crippen molar-refractivity contribution in [1.82, 2.24) is 15.2 Å². The van der Waals surface area contributed by atoms with Crippen LogP contribution in [-0.4, -0.2) is 41.1 Å². The number of aromatic nitrogens is 3. The molecule has 140 valence electrons. The number of H-pyrrole nitrogens is 1. The van der Waals surface area contributed by atoms with Crippen LogP contribution in [0, 0.1) is 5.92 Å². The summed E-state index contributed by atoms with van der Waals surface area (Å²) in [6, 6.07) is 5.26. The number of nitrogens with one attached hydrogen (secondary N) is 2. The SMILES string of the molecule is COc1ccc(NC(=O)CSc2n[nH]c(CC3CCCC3)n2)cc1OC. The van der Waals surface area contributed by atoms with Crippen LogP contribution in [0.15, 0.2) is 23.4 Å². The van der Waals surface area contributed by atoms with Crippen molar-refractivity contribution in [3.63, 3.8) is 0 Å². The highest BCUT2D eigenvalue weighted by molar-refractivity contribution is 7.99. The van der Waals surface area contributed by atoms with Crippen molar-refractivity contribution < 1.29 is 14.3 Å². The van der Waals surface area contributed by atoms with Crippen LogP contribution in [0.25, 0.3) is 0 Å². The number of hydrogen-bond acceptors (Lipinski definition) is 6. The van der Waals surface area contributed by atoms with Gasteiger partial charge in [-0.05, 0) is 18.1 Å². The molecule has 0 saturated heterocycles. The maximum Gasteiger partial charge on any atom is 0.234 e. The highest BCUT2D eigenvalue weighted by Gasteiger charge is 2.17. The number of hydrogen-bond donors (Lipinski definition) is 2. The molecular formula is C18H24N4O3S. The molecule has 1 amide bonds. The summed E-state index contributed by atoms with van der Waals surface area (Å²) in [4.78, 5) is 16.6. The maximum atomic E-state index is 12.2. The number of benzene rings is 1. The molecule has 7 nitrogen and oxygen atoms in total. The Kier molecular flexibility index (Phi) is 6.38. The first-order valence-corrected chi connectivity index (χ1v) is 9.72. The number of methoxy groups -OCH3 is 2.